The molecule has 5 aliphatic rings. The first-order valence-corrected chi connectivity index (χ1v) is 29.1. The molecule has 0 unspecified atom stereocenters. The molecule has 2 aromatic heterocycles. The van der Waals surface area contributed by atoms with Crippen LogP contribution in [0.4, 0.5) is 11.4 Å². The molecule has 2 aliphatic heterocycles. The van der Waals surface area contributed by atoms with Gasteiger partial charge >= 0.3 is 6.85 Å². The van der Waals surface area contributed by atoms with E-state index in [1.807, 2.05) is 11.3 Å². The van der Waals surface area contributed by atoms with E-state index in [-0.39, 0.29) is 28.5 Å². The van der Waals surface area contributed by atoms with Crippen LogP contribution >= 0.6 is 11.3 Å². The lowest BCUT2D eigenvalue weighted by molar-refractivity contribution is 0.332. The van der Waals surface area contributed by atoms with Gasteiger partial charge < -0.3 is 9.38 Å². The Morgan fingerprint density at radius 1 is 0.519 bits per heavy atom. The van der Waals surface area contributed by atoms with Crippen LogP contribution in [0.25, 0.3) is 92.5 Å². The second-order valence-electron chi connectivity index (χ2n) is 26.1. The quantitative estimate of drug-likeness (QED) is 0.160. The first kappa shape index (κ1) is 45.8. The molecule has 77 heavy (non-hydrogen) atoms. The largest absolute Gasteiger partial charge is 0.376 e. The standard InChI is InChI=1S/C73H63BN2S/c1-70(2,3)45-29-31-46(32-30-45)76-60-39-55-50(48-26-18-19-27-54(48)73(55,8)9)36-51(60)65-49-33-28-42-20-16-17-25-47(42)64(49)66-52-37-56-57(72(6,7)35-34-71(56,4)5)40-59(52)75-61-38-53-62(41-58(61)74(76)67(65)68(66)75)77-69(44-23-14-11-15-24-44)63(53)43-21-12-10-13-22-43/h10-27,29-32,36-41H,28,33-35H2,1-9H3. The zero-order chi connectivity index (χ0) is 52.2. The van der Waals surface area contributed by atoms with Gasteiger partial charge in [-0.1, -0.05) is 184 Å². The molecule has 0 saturated heterocycles. The van der Waals surface area contributed by atoms with Crippen molar-refractivity contribution in [2.24, 2.45) is 0 Å². The Balaban J connectivity index is 1.14. The van der Waals surface area contributed by atoms with Gasteiger partial charge in [0.1, 0.15) is 0 Å². The highest BCUT2D eigenvalue weighted by atomic mass is 32.1. The van der Waals surface area contributed by atoms with E-state index in [9.17, 15) is 0 Å². The molecule has 0 spiro atoms. The molecule has 0 saturated carbocycles. The third kappa shape index (κ3) is 6.14. The van der Waals surface area contributed by atoms with Crippen molar-refractivity contribution in [3.05, 3.63) is 209 Å². The van der Waals surface area contributed by atoms with Gasteiger partial charge in [-0.05, 0) is 179 Å². The summed E-state index contributed by atoms with van der Waals surface area (Å²) in [4.78, 5) is 4.12. The molecule has 4 heteroatoms. The lowest BCUT2D eigenvalue weighted by atomic mass is 9.43. The normalized spacial score (nSPS) is 16.7. The Morgan fingerprint density at radius 3 is 1.91 bits per heavy atom. The number of aryl methyl sites for hydroxylation is 1. The molecule has 4 heterocycles. The molecule has 9 aromatic carbocycles. The highest BCUT2D eigenvalue weighted by Gasteiger charge is 2.49. The van der Waals surface area contributed by atoms with Gasteiger partial charge in [0.15, 0.2) is 0 Å². The minimum Gasteiger partial charge on any atom is -0.376 e. The number of nitrogens with zero attached hydrogens (tertiary/aromatic N) is 2. The summed E-state index contributed by atoms with van der Waals surface area (Å²) in [6.45, 7) is 21.8. The number of fused-ring (bicyclic) bond motifs is 18. The van der Waals surface area contributed by atoms with E-state index < -0.39 is 0 Å². The first-order chi connectivity index (χ1) is 37.1. The van der Waals surface area contributed by atoms with Crippen LogP contribution in [0.5, 0.6) is 0 Å². The smallest absolute Gasteiger partial charge is 0.333 e. The van der Waals surface area contributed by atoms with Gasteiger partial charge in [-0.2, -0.15) is 0 Å². The number of hydrogen-bond acceptors (Lipinski definition) is 2. The van der Waals surface area contributed by atoms with Crippen molar-refractivity contribution in [1.29, 1.82) is 0 Å². The average Bonchev–Trinajstić information content (AvgIpc) is 4.07. The van der Waals surface area contributed by atoms with E-state index >= 15 is 0 Å². The first-order valence-electron chi connectivity index (χ1n) is 28.3. The van der Waals surface area contributed by atoms with Crippen LogP contribution < -0.4 is 15.7 Å². The van der Waals surface area contributed by atoms with Crippen molar-refractivity contribution in [3.8, 4) is 60.6 Å². The van der Waals surface area contributed by atoms with Crippen molar-refractivity contribution in [3.63, 3.8) is 0 Å². The molecule has 11 aromatic rings. The van der Waals surface area contributed by atoms with Gasteiger partial charge in [0.05, 0.1) is 11.0 Å². The summed E-state index contributed by atoms with van der Waals surface area (Å²) in [5.41, 5.74) is 31.7. The zero-order valence-corrected chi connectivity index (χ0v) is 46.7. The SMILES string of the molecule is CC(C)(C)c1ccc(N2B3c4cc5sc(-c6ccccc6)c(-c6ccccc6)c5cc4-n4c5cc6c(cc5c5c7c(c(c3c54)-c3cc4c(cc32)C(C)(C)c2ccccc2-4)CCc2ccccc2-7)C(C)(C)CCC6(C)C)cc1. The molecule has 0 fully saturated rings. The summed E-state index contributed by atoms with van der Waals surface area (Å²) in [7, 11) is 0. The molecular weight excluding hydrogens is 948 g/mol. The summed E-state index contributed by atoms with van der Waals surface area (Å²) in [6, 6.07) is 66.7. The van der Waals surface area contributed by atoms with E-state index in [4.69, 9.17) is 0 Å². The average molecular weight is 1010 g/mol. The second kappa shape index (κ2) is 15.4. The fraction of sp³-hybridized carbons (Fsp3) is 0.233. The highest BCUT2D eigenvalue weighted by molar-refractivity contribution is 7.23. The van der Waals surface area contributed by atoms with Crippen LogP contribution in [-0.2, 0) is 34.5 Å². The van der Waals surface area contributed by atoms with E-state index in [1.165, 1.54) is 160 Å². The lowest BCUT2D eigenvalue weighted by Crippen LogP contribution is -2.61. The van der Waals surface area contributed by atoms with Crippen LogP contribution in [0.1, 0.15) is 114 Å². The third-order valence-electron chi connectivity index (χ3n) is 19.5. The number of rotatable bonds is 3. The molecule has 3 aliphatic carbocycles. The Kier molecular flexibility index (Phi) is 9.16. The van der Waals surface area contributed by atoms with Crippen LogP contribution in [-0.4, -0.2) is 11.4 Å². The van der Waals surface area contributed by atoms with E-state index in [0.29, 0.717) is 0 Å². The van der Waals surface area contributed by atoms with Crippen molar-refractivity contribution < 1.29 is 0 Å². The number of hydrogen-bond donors (Lipinski definition) is 0. The van der Waals surface area contributed by atoms with E-state index in [0.717, 1.165) is 19.3 Å². The summed E-state index contributed by atoms with van der Waals surface area (Å²) in [6.07, 6.45) is 4.35. The van der Waals surface area contributed by atoms with Crippen molar-refractivity contribution in [2.75, 3.05) is 4.81 Å². The molecule has 0 radical (unpaired) electrons. The number of thiophene rings is 1. The molecule has 0 N–H and O–H groups in total. The highest BCUT2D eigenvalue weighted by Crippen LogP contribution is 2.59. The fourth-order valence-electron chi connectivity index (χ4n) is 15.4. The minimum absolute atomic E-state index is 0.0153. The lowest BCUT2D eigenvalue weighted by Gasteiger charge is -2.44. The van der Waals surface area contributed by atoms with Crippen LogP contribution in [0.15, 0.2) is 170 Å². The number of anilines is 2. The minimum atomic E-state index is -0.173. The topological polar surface area (TPSA) is 8.17 Å². The predicted molar refractivity (Wildman–Crippen MR) is 330 cm³/mol. The molecule has 0 bridgehead atoms. The maximum atomic E-state index is 2.80. The van der Waals surface area contributed by atoms with Gasteiger partial charge in [0, 0.05) is 59.3 Å². The van der Waals surface area contributed by atoms with Crippen molar-refractivity contribution in [2.45, 2.75) is 110 Å². The van der Waals surface area contributed by atoms with Crippen molar-refractivity contribution in [1.82, 2.24) is 4.57 Å². The molecular formula is C73H63BN2S. The number of aromatic nitrogens is 1. The molecule has 374 valence electrons. The maximum absolute atomic E-state index is 2.80. The van der Waals surface area contributed by atoms with Gasteiger partial charge in [-0.25, -0.2) is 0 Å². The third-order valence-corrected chi connectivity index (χ3v) is 20.7. The van der Waals surface area contributed by atoms with Gasteiger partial charge in [-0.15, -0.1) is 11.3 Å². The predicted octanol–water partition coefficient (Wildman–Crippen LogP) is 18.3. The molecule has 2 nitrogen and oxygen atoms in total. The van der Waals surface area contributed by atoms with Gasteiger partial charge in [0.2, 0.25) is 0 Å². The molecule has 0 amide bonds. The summed E-state index contributed by atoms with van der Waals surface area (Å²) < 4.78 is 4.13. The van der Waals surface area contributed by atoms with E-state index in [2.05, 4.69) is 242 Å². The Morgan fingerprint density at radius 2 is 1.18 bits per heavy atom. The van der Waals surface area contributed by atoms with Gasteiger partial charge in [-0.3, -0.25) is 0 Å². The van der Waals surface area contributed by atoms with Gasteiger partial charge in [0.25, 0.3) is 0 Å². The Labute approximate surface area is 458 Å². The molecule has 16 rings (SSSR count). The van der Waals surface area contributed by atoms with E-state index in [1.54, 1.807) is 0 Å². The Hall–Kier alpha value is -7.40. The maximum Gasteiger partial charge on any atom is 0.333 e. The fourth-order valence-corrected chi connectivity index (χ4v) is 16.6. The molecule has 0 atom stereocenters. The summed E-state index contributed by atoms with van der Waals surface area (Å²) >= 11 is 1.96. The van der Waals surface area contributed by atoms with Crippen LogP contribution in [0, 0.1) is 0 Å². The summed E-state index contributed by atoms with van der Waals surface area (Å²) in [5.74, 6) is 0. The van der Waals surface area contributed by atoms with Crippen LogP contribution in [0.3, 0.4) is 0 Å². The zero-order valence-electron chi connectivity index (χ0n) is 45.9. The second-order valence-corrected chi connectivity index (χ2v) is 27.2. The van der Waals surface area contributed by atoms with Crippen molar-refractivity contribution >= 4 is 72.4 Å². The summed E-state index contributed by atoms with van der Waals surface area (Å²) in [5, 5.41) is 4.13. The Bertz CT molecular complexity index is 4390. The number of benzene rings is 9. The van der Waals surface area contributed by atoms with Crippen LogP contribution in [0.2, 0.25) is 0 Å². The monoisotopic (exact) mass is 1010 g/mol.